The van der Waals surface area contributed by atoms with E-state index in [1.807, 2.05) is 25.1 Å². The first-order valence-corrected chi connectivity index (χ1v) is 7.35. The molecule has 1 N–H and O–H groups in total. The molecule has 0 fully saturated rings. The van der Waals surface area contributed by atoms with E-state index < -0.39 is 0 Å². The number of aliphatic hydroxyl groups excluding tert-OH is 1. The zero-order valence-electron chi connectivity index (χ0n) is 11.4. The Morgan fingerprint density at radius 2 is 2.05 bits per heavy atom. The standard InChI is InChI=1S/C15H20N2OS/c1-12-16-14(11-19-12)10-17(2)15(8-9-18)13-6-4-3-5-7-13/h3-7,11,15,18H,8-10H2,1-2H3. The van der Waals surface area contributed by atoms with Crippen molar-refractivity contribution in [1.29, 1.82) is 0 Å². The Morgan fingerprint density at radius 1 is 1.32 bits per heavy atom. The van der Waals surface area contributed by atoms with Gasteiger partial charge in [-0.25, -0.2) is 4.98 Å². The number of thiazole rings is 1. The third kappa shape index (κ3) is 3.86. The number of nitrogens with zero attached hydrogens (tertiary/aromatic N) is 2. The Labute approximate surface area is 118 Å². The fourth-order valence-corrected chi connectivity index (χ4v) is 2.89. The molecular weight excluding hydrogens is 256 g/mol. The molecule has 1 unspecified atom stereocenters. The summed E-state index contributed by atoms with van der Waals surface area (Å²) < 4.78 is 0. The third-order valence-corrected chi connectivity index (χ3v) is 4.02. The summed E-state index contributed by atoms with van der Waals surface area (Å²) in [7, 11) is 2.09. The van der Waals surface area contributed by atoms with E-state index in [1.165, 1.54) is 5.56 Å². The average Bonchev–Trinajstić information content (AvgIpc) is 2.82. The van der Waals surface area contributed by atoms with Crippen molar-refractivity contribution in [2.75, 3.05) is 13.7 Å². The summed E-state index contributed by atoms with van der Waals surface area (Å²) in [6, 6.07) is 10.6. The first kappa shape index (κ1) is 14.2. The van der Waals surface area contributed by atoms with Crippen LogP contribution in [0, 0.1) is 6.92 Å². The largest absolute Gasteiger partial charge is 0.396 e. The van der Waals surface area contributed by atoms with Crippen LogP contribution in [0.1, 0.15) is 28.7 Å². The third-order valence-electron chi connectivity index (χ3n) is 3.20. The molecule has 2 aromatic rings. The first-order valence-electron chi connectivity index (χ1n) is 6.47. The van der Waals surface area contributed by atoms with Crippen LogP contribution < -0.4 is 0 Å². The van der Waals surface area contributed by atoms with Crippen LogP contribution in [0.5, 0.6) is 0 Å². The molecule has 0 radical (unpaired) electrons. The minimum atomic E-state index is 0.194. The number of aryl methyl sites for hydroxylation is 1. The van der Waals surface area contributed by atoms with Crippen LogP contribution in [0.25, 0.3) is 0 Å². The molecule has 1 heterocycles. The predicted molar refractivity (Wildman–Crippen MR) is 79.2 cm³/mol. The van der Waals surface area contributed by atoms with Gasteiger partial charge in [0.25, 0.3) is 0 Å². The van der Waals surface area contributed by atoms with Crippen LogP contribution in [0.3, 0.4) is 0 Å². The number of rotatable bonds is 6. The Bertz CT molecular complexity index is 498. The quantitative estimate of drug-likeness (QED) is 0.881. The number of hydrogen-bond acceptors (Lipinski definition) is 4. The summed E-state index contributed by atoms with van der Waals surface area (Å²) in [6.45, 7) is 3.03. The van der Waals surface area contributed by atoms with Crippen molar-refractivity contribution in [3.8, 4) is 0 Å². The van der Waals surface area contributed by atoms with E-state index in [-0.39, 0.29) is 12.6 Å². The Hall–Kier alpha value is -1.23. The predicted octanol–water partition coefficient (Wildman–Crippen LogP) is 3.01. The van der Waals surface area contributed by atoms with Crippen LogP contribution in [0.15, 0.2) is 35.7 Å². The topological polar surface area (TPSA) is 36.4 Å². The molecule has 0 bridgehead atoms. The smallest absolute Gasteiger partial charge is 0.0897 e. The van der Waals surface area contributed by atoms with Gasteiger partial charge in [-0.1, -0.05) is 30.3 Å². The molecule has 1 aromatic carbocycles. The van der Waals surface area contributed by atoms with Crippen molar-refractivity contribution >= 4 is 11.3 Å². The maximum absolute atomic E-state index is 9.28. The lowest BCUT2D eigenvalue weighted by molar-refractivity contribution is 0.179. The highest BCUT2D eigenvalue weighted by Crippen LogP contribution is 2.24. The van der Waals surface area contributed by atoms with Crippen LogP contribution >= 0.6 is 11.3 Å². The van der Waals surface area contributed by atoms with Gasteiger partial charge in [0.1, 0.15) is 0 Å². The highest BCUT2D eigenvalue weighted by atomic mass is 32.1. The Morgan fingerprint density at radius 3 is 2.63 bits per heavy atom. The van der Waals surface area contributed by atoms with Gasteiger partial charge in [-0.3, -0.25) is 4.90 Å². The lowest BCUT2D eigenvalue weighted by Gasteiger charge is -2.27. The molecule has 1 aromatic heterocycles. The summed E-state index contributed by atoms with van der Waals surface area (Å²) >= 11 is 1.68. The highest BCUT2D eigenvalue weighted by molar-refractivity contribution is 7.09. The zero-order chi connectivity index (χ0) is 13.7. The Kier molecular flexibility index (Phi) is 5.07. The van der Waals surface area contributed by atoms with Crippen molar-refractivity contribution < 1.29 is 5.11 Å². The molecule has 1 atom stereocenters. The average molecular weight is 276 g/mol. The summed E-state index contributed by atoms with van der Waals surface area (Å²) in [5, 5.41) is 12.5. The maximum atomic E-state index is 9.28. The molecule has 0 saturated carbocycles. The number of aromatic nitrogens is 1. The number of hydrogen-bond donors (Lipinski definition) is 1. The summed E-state index contributed by atoms with van der Waals surface area (Å²) in [4.78, 5) is 6.75. The van der Waals surface area contributed by atoms with Gasteiger partial charge in [-0.05, 0) is 26.0 Å². The van der Waals surface area contributed by atoms with E-state index in [0.29, 0.717) is 0 Å². The van der Waals surface area contributed by atoms with Gasteiger partial charge in [0.05, 0.1) is 10.7 Å². The van der Waals surface area contributed by atoms with Gasteiger partial charge in [0.2, 0.25) is 0 Å². The van der Waals surface area contributed by atoms with E-state index in [9.17, 15) is 5.11 Å². The molecule has 4 heteroatoms. The Balaban J connectivity index is 2.10. The molecule has 19 heavy (non-hydrogen) atoms. The van der Waals surface area contributed by atoms with Crippen LogP contribution in [0.2, 0.25) is 0 Å². The molecular formula is C15H20N2OS. The van der Waals surface area contributed by atoms with Crippen molar-refractivity contribution in [3.63, 3.8) is 0 Å². The number of aliphatic hydroxyl groups is 1. The minimum Gasteiger partial charge on any atom is -0.396 e. The van der Waals surface area contributed by atoms with Crippen LogP contribution in [-0.2, 0) is 6.54 Å². The van der Waals surface area contributed by atoms with E-state index in [4.69, 9.17) is 0 Å². The fraction of sp³-hybridized carbons (Fsp3) is 0.400. The molecule has 0 aliphatic heterocycles. The summed E-state index contributed by atoms with van der Waals surface area (Å²) in [6.07, 6.45) is 0.740. The van der Waals surface area contributed by atoms with Gasteiger partial charge >= 0.3 is 0 Å². The van der Waals surface area contributed by atoms with Crippen LogP contribution in [-0.4, -0.2) is 28.6 Å². The molecule has 0 amide bonds. The molecule has 102 valence electrons. The summed E-state index contributed by atoms with van der Waals surface area (Å²) in [5.41, 5.74) is 2.34. The highest BCUT2D eigenvalue weighted by Gasteiger charge is 2.17. The molecule has 0 saturated heterocycles. The van der Waals surface area contributed by atoms with Crippen molar-refractivity contribution in [2.45, 2.75) is 25.9 Å². The van der Waals surface area contributed by atoms with E-state index >= 15 is 0 Å². The number of benzene rings is 1. The lowest BCUT2D eigenvalue weighted by atomic mass is 10.0. The molecule has 3 nitrogen and oxygen atoms in total. The van der Waals surface area contributed by atoms with E-state index in [1.54, 1.807) is 11.3 Å². The normalized spacial score (nSPS) is 12.8. The second-order valence-corrected chi connectivity index (χ2v) is 5.77. The lowest BCUT2D eigenvalue weighted by Crippen LogP contribution is -2.25. The fourth-order valence-electron chi connectivity index (χ4n) is 2.29. The second-order valence-electron chi connectivity index (χ2n) is 4.71. The monoisotopic (exact) mass is 276 g/mol. The van der Waals surface area contributed by atoms with Gasteiger partial charge in [0, 0.05) is 24.6 Å². The molecule has 0 aliphatic rings. The van der Waals surface area contributed by atoms with Gasteiger partial charge < -0.3 is 5.11 Å². The molecule has 0 spiro atoms. The minimum absolute atomic E-state index is 0.194. The van der Waals surface area contributed by atoms with E-state index in [2.05, 4.69) is 34.4 Å². The van der Waals surface area contributed by atoms with Gasteiger partial charge in [-0.15, -0.1) is 11.3 Å². The first-order chi connectivity index (χ1) is 9.20. The maximum Gasteiger partial charge on any atom is 0.0897 e. The molecule has 0 aliphatic carbocycles. The molecule has 2 rings (SSSR count). The van der Waals surface area contributed by atoms with Gasteiger partial charge in [-0.2, -0.15) is 0 Å². The van der Waals surface area contributed by atoms with E-state index in [0.717, 1.165) is 23.7 Å². The van der Waals surface area contributed by atoms with Gasteiger partial charge in [0.15, 0.2) is 0 Å². The summed E-state index contributed by atoms with van der Waals surface area (Å²) in [5.74, 6) is 0. The second kappa shape index (κ2) is 6.80. The van der Waals surface area contributed by atoms with Crippen LogP contribution in [0.4, 0.5) is 0 Å². The SMILES string of the molecule is Cc1nc(CN(C)C(CCO)c2ccccc2)cs1. The van der Waals surface area contributed by atoms with Crippen molar-refractivity contribution in [3.05, 3.63) is 52.0 Å². The van der Waals surface area contributed by atoms with Crippen molar-refractivity contribution in [2.24, 2.45) is 0 Å². The zero-order valence-corrected chi connectivity index (χ0v) is 12.2. The van der Waals surface area contributed by atoms with Crippen molar-refractivity contribution in [1.82, 2.24) is 9.88 Å².